The first-order valence-corrected chi connectivity index (χ1v) is 8.11. The molecule has 1 aliphatic heterocycles. The SMILES string of the molecule is Cc1ccc(C2CC(c3ccc(C)c(C)c3)=Nc3nnnn32)cc1. The zero-order valence-corrected chi connectivity index (χ0v) is 14.1. The van der Waals surface area contributed by atoms with Crippen LogP contribution in [0.5, 0.6) is 0 Å². The van der Waals surface area contributed by atoms with Gasteiger partial charge in [-0.2, -0.15) is 0 Å². The summed E-state index contributed by atoms with van der Waals surface area (Å²) in [4.78, 5) is 4.68. The van der Waals surface area contributed by atoms with Crippen molar-refractivity contribution in [1.29, 1.82) is 0 Å². The smallest absolute Gasteiger partial charge is 0.214 e. The van der Waals surface area contributed by atoms with Crippen LogP contribution < -0.4 is 0 Å². The van der Waals surface area contributed by atoms with Gasteiger partial charge >= 0.3 is 0 Å². The number of hydrogen-bond acceptors (Lipinski definition) is 4. The van der Waals surface area contributed by atoms with E-state index in [4.69, 9.17) is 0 Å². The number of tetrazole rings is 1. The lowest BCUT2D eigenvalue weighted by Crippen LogP contribution is -2.21. The monoisotopic (exact) mass is 317 g/mol. The Labute approximate surface area is 141 Å². The summed E-state index contributed by atoms with van der Waals surface area (Å²) in [6.45, 7) is 6.34. The van der Waals surface area contributed by atoms with Crippen molar-refractivity contribution in [2.45, 2.75) is 33.2 Å². The lowest BCUT2D eigenvalue weighted by molar-refractivity contribution is 0.514. The number of hydrogen-bond donors (Lipinski definition) is 0. The lowest BCUT2D eigenvalue weighted by atomic mass is 9.94. The number of aryl methyl sites for hydroxylation is 3. The molecule has 1 unspecified atom stereocenters. The topological polar surface area (TPSA) is 56.0 Å². The van der Waals surface area contributed by atoms with E-state index < -0.39 is 0 Å². The van der Waals surface area contributed by atoms with E-state index in [2.05, 4.69) is 83.8 Å². The third kappa shape index (κ3) is 2.52. The van der Waals surface area contributed by atoms with Crippen molar-refractivity contribution in [2.75, 3.05) is 0 Å². The summed E-state index contributed by atoms with van der Waals surface area (Å²) in [6.07, 6.45) is 0.781. The summed E-state index contributed by atoms with van der Waals surface area (Å²) in [7, 11) is 0. The van der Waals surface area contributed by atoms with Gasteiger partial charge in [0.05, 0.1) is 11.8 Å². The molecule has 24 heavy (non-hydrogen) atoms. The number of fused-ring (bicyclic) bond motifs is 1. The molecule has 0 aliphatic carbocycles. The van der Waals surface area contributed by atoms with Crippen LogP contribution in [0.2, 0.25) is 0 Å². The van der Waals surface area contributed by atoms with E-state index in [1.54, 1.807) is 0 Å². The van der Waals surface area contributed by atoms with Crippen molar-refractivity contribution < 1.29 is 0 Å². The highest BCUT2D eigenvalue weighted by molar-refractivity contribution is 6.03. The van der Waals surface area contributed by atoms with E-state index in [9.17, 15) is 0 Å². The average Bonchev–Trinajstić information content (AvgIpc) is 3.06. The summed E-state index contributed by atoms with van der Waals surface area (Å²) >= 11 is 0. The van der Waals surface area contributed by atoms with Gasteiger partial charge in [-0.1, -0.05) is 47.1 Å². The maximum absolute atomic E-state index is 4.68. The Hall–Kier alpha value is -2.82. The van der Waals surface area contributed by atoms with Crippen molar-refractivity contribution in [3.05, 3.63) is 70.3 Å². The van der Waals surface area contributed by atoms with Crippen molar-refractivity contribution >= 4 is 11.7 Å². The summed E-state index contributed by atoms with van der Waals surface area (Å²) in [5, 5.41) is 12.0. The van der Waals surface area contributed by atoms with Gasteiger partial charge in [-0.15, -0.1) is 0 Å². The normalized spacial score (nSPS) is 16.6. The highest BCUT2D eigenvalue weighted by Gasteiger charge is 2.26. The molecule has 1 aromatic heterocycles. The Kier molecular flexibility index (Phi) is 3.49. The molecule has 0 spiro atoms. The first kappa shape index (κ1) is 14.8. The van der Waals surface area contributed by atoms with E-state index in [0.717, 1.165) is 17.7 Å². The standard InChI is InChI=1S/C19H19N5/c1-12-4-7-15(8-5-12)18-11-17(20-19-21-22-23-24(18)19)16-9-6-13(2)14(3)10-16/h4-10,18H,11H2,1-3H3. The summed E-state index contributed by atoms with van der Waals surface area (Å²) < 4.78 is 1.81. The molecular formula is C19H19N5. The number of aromatic nitrogens is 4. The van der Waals surface area contributed by atoms with Crippen LogP contribution in [0.25, 0.3) is 0 Å². The molecule has 0 fully saturated rings. The molecule has 2 aromatic carbocycles. The molecule has 0 N–H and O–H groups in total. The van der Waals surface area contributed by atoms with Crippen molar-refractivity contribution in [3.8, 4) is 0 Å². The molecule has 0 amide bonds. The first-order valence-electron chi connectivity index (χ1n) is 8.11. The average molecular weight is 317 g/mol. The molecule has 4 rings (SSSR count). The number of aliphatic imine (C=N–C) groups is 1. The van der Waals surface area contributed by atoms with Gasteiger partial charge in [-0.05, 0) is 59.5 Å². The summed E-state index contributed by atoms with van der Waals surface area (Å²) in [5.41, 5.74) is 7.18. The Bertz CT molecular complexity index is 921. The van der Waals surface area contributed by atoms with Crippen LogP contribution in [-0.2, 0) is 0 Å². The van der Waals surface area contributed by atoms with Crippen molar-refractivity contribution in [3.63, 3.8) is 0 Å². The zero-order chi connectivity index (χ0) is 16.7. The van der Waals surface area contributed by atoms with E-state index in [-0.39, 0.29) is 6.04 Å². The van der Waals surface area contributed by atoms with Gasteiger partial charge in [0.15, 0.2) is 0 Å². The van der Waals surface area contributed by atoms with Gasteiger partial charge in [-0.3, -0.25) is 0 Å². The Morgan fingerprint density at radius 3 is 2.50 bits per heavy atom. The van der Waals surface area contributed by atoms with Gasteiger partial charge in [0, 0.05) is 6.42 Å². The third-order valence-electron chi connectivity index (χ3n) is 4.69. The second-order valence-electron chi connectivity index (χ2n) is 6.41. The quantitative estimate of drug-likeness (QED) is 0.724. The second-order valence-corrected chi connectivity index (χ2v) is 6.41. The maximum atomic E-state index is 4.68. The summed E-state index contributed by atoms with van der Waals surface area (Å²) in [6, 6.07) is 15.1. The summed E-state index contributed by atoms with van der Waals surface area (Å²) in [5.74, 6) is 0.569. The molecule has 5 heteroatoms. The van der Waals surface area contributed by atoms with Gasteiger partial charge in [0.2, 0.25) is 0 Å². The van der Waals surface area contributed by atoms with E-state index in [1.807, 2.05) is 4.68 Å². The van der Waals surface area contributed by atoms with E-state index in [0.29, 0.717) is 5.95 Å². The molecule has 0 saturated carbocycles. The van der Waals surface area contributed by atoms with Crippen LogP contribution >= 0.6 is 0 Å². The fourth-order valence-corrected chi connectivity index (χ4v) is 3.05. The highest BCUT2D eigenvalue weighted by Crippen LogP contribution is 2.32. The van der Waals surface area contributed by atoms with Crippen molar-refractivity contribution in [2.24, 2.45) is 4.99 Å². The highest BCUT2D eigenvalue weighted by atomic mass is 15.6. The molecule has 0 radical (unpaired) electrons. The fraction of sp³-hybridized carbons (Fsp3) is 0.263. The minimum absolute atomic E-state index is 0.0738. The first-order chi connectivity index (χ1) is 11.6. The molecule has 3 aromatic rings. The molecule has 0 saturated heterocycles. The molecule has 5 nitrogen and oxygen atoms in total. The zero-order valence-electron chi connectivity index (χ0n) is 14.1. The molecule has 0 bridgehead atoms. The van der Waals surface area contributed by atoms with Crippen LogP contribution in [0.3, 0.4) is 0 Å². The molecule has 1 atom stereocenters. The molecule has 2 heterocycles. The van der Waals surface area contributed by atoms with Crippen LogP contribution in [0.15, 0.2) is 47.5 Å². The van der Waals surface area contributed by atoms with Crippen LogP contribution in [-0.4, -0.2) is 25.9 Å². The Balaban J connectivity index is 1.78. The minimum atomic E-state index is 0.0738. The van der Waals surface area contributed by atoms with Crippen LogP contribution in [0.4, 0.5) is 5.95 Å². The Morgan fingerprint density at radius 1 is 0.958 bits per heavy atom. The maximum Gasteiger partial charge on any atom is 0.269 e. The van der Waals surface area contributed by atoms with Gasteiger partial charge in [0.25, 0.3) is 5.95 Å². The number of rotatable bonds is 2. The van der Waals surface area contributed by atoms with Crippen molar-refractivity contribution in [1.82, 2.24) is 20.2 Å². The van der Waals surface area contributed by atoms with Crippen LogP contribution in [0, 0.1) is 20.8 Å². The predicted octanol–water partition coefficient (Wildman–Crippen LogP) is 3.71. The Morgan fingerprint density at radius 2 is 1.75 bits per heavy atom. The number of benzene rings is 2. The van der Waals surface area contributed by atoms with Crippen LogP contribution in [0.1, 0.15) is 40.3 Å². The van der Waals surface area contributed by atoms with E-state index >= 15 is 0 Å². The second kappa shape index (κ2) is 5.67. The van der Waals surface area contributed by atoms with E-state index in [1.165, 1.54) is 22.3 Å². The van der Waals surface area contributed by atoms with Gasteiger partial charge in [-0.25, -0.2) is 9.67 Å². The number of nitrogens with zero attached hydrogens (tertiary/aromatic N) is 5. The molecular weight excluding hydrogens is 298 g/mol. The molecule has 120 valence electrons. The largest absolute Gasteiger partial charge is 0.269 e. The third-order valence-corrected chi connectivity index (χ3v) is 4.69. The predicted molar refractivity (Wildman–Crippen MR) is 93.9 cm³/mol. The lowest BCUT2D eigenvalue weighted by Gasteiger charge is -2.23. The molecule has 1 aliphatic rings. The minimum Gasteiger partial charge on any atom is -0.214 e. The van der Waals surface area contributed by atoms with Gasteiger partial charge < -0.3 is 0 Å². The fourth-order valence-electron chi connectivity index (χ4n) is 3.05. The van der Waals surface area contributed by atoms with Gasteiger partial charge in [0.1, 0.15) is 0 Å².